The Morgan fingerprint density at radius 3 is 1.30 bits per heavy atom. The zero-order valence-electron chi connectivity index (χ0n) is 13.1. The number of hydrogen-bond acceptors (Lipinski definition) is 2. The molecule has 0 atom stereocenters. The summed E-state index contributed by atoms with van der Waals surface area (Å²) in [6, 6.07) is 31.3. The van der Waals surface area contributed by atoms with E-state index in [4.69, 9.17) is 4.53 Å². The van der Waals surface area contributed by atoms with Gasteiger partial charge in [-0.05, 0) is 22.5 Å². The highest BCUT2D eigenvalue weighted by Crippen LogP contribution is 2.09. The molecule has 0 fully saturated rings. The SMILES string of the molecule is CC=NO[Si](c1ccccc1)(c1ccccc1)c1ccccc1. The van der Waals surface area contributed by atoms with Crippen molar-refractivity contribution in [2.75, 3.05) is 0 Å². The summed E-state index contributed by atoms with van der Waals surface area (Å²) in [6.45, 7) is 1.88. The highest BCUT2D eigenvalue weighted by Gasteiger charge is 2.44. The average Bonchev–Trinajstić information content (AvgIpc) is 2.65. The Morgan fingerprint density at radius 2 is 1.00 bits per heavy atom. The summed E-state index contributed by atoms with van der Waals surface area (Å²) in [5.74, 6) is 0. The molecule has 3 rings (SSSR count). The summed E-state index contributed by atoms with van der Waals surface area (Å²) in [4.78, 5) is 0. The minimum absolute atomic E-state index is 1.18. The van der Waals surface area contributed by atoms with E-state index < -0.39 is 8.32 Å². The maximum Gasteiger partial charge on any atom is 0.380 e. The van der Waals surface area contributed by atoms with Crippen LogP contribution in [0.25, 0.3) is 0 Å². The third kappa shape index (κ3) is 2.96. The molecule has 3 aromatic rings. The van der Waals surface area contributed by atoms with Gasteiger partial charge in [0.2, 0.25) is 0 Å². The quantitative estimate of drug-likeness (QED) is 0.307. The van der Waals surface area contributed by atoms with E-state index in [1.54, 1.807) is 6.21 Å². The Bertz CT molecular complexity index is 661. The van der Waals surface area contributed by atoms with Crippen molar-refractivity contribution in [1.29, 1.82) is 0 Å². The molecule has 0 saturated heterocycles. The third-order valence-electron chi connectivity index (χ3n) is 3.84. The van der Waals surface area contributed by atoms with E-state index in [2.05, 4.69) is 78.0 Å². The van der Waals surface area contributed by atoms with Gasteiger partial charge in [0.25, 0.3) is 0 Å². The average molecular weight is 317 g/mol. The third-order valence-corrected chi connectivity index (χ3v) is 7.65. The van der Waals surface area contributed by atoms with Crippen molar-refractivity contribution in [3.8, 4) is 0 Å². The molecule has 0 aromatic heterocycles. The van der Waals surface area contributed by atoms with Gasteiger partial charge in [-0.1, -0.05) is 91.0 Å². The largest absolute Gasteiger partial charge is 0.438 e. The van der Waals surface area contributed by atoms with Gasteiger partial charge in [-0.3, -0.25) is 0 Å². The lowest BCUT2D eigenvalue weighted by atomic mass is 10.3. The second kappa shape index (κ2) is 7.07. The lowest BCUT2D eigenvalue weighted by molar-refractivity contribution is 0.351. The first-order chi connectivity index (χ1) is 11.4. The summed E-state index contributed by atoms with van der Waals surface area (Å²) in [7, 11) is -2.64. The molecule has 3 aromatic carbocycles. The summed E-state index contributed by atoms with van der Waals surface area (Å²) in [6.07, 6.45) is 1.70. The first-order valence-electron chi connectivity index (χ1n) is 7.70. The fraction of sp³-hybridized carbons (Fsp3) is 0.0500. The van der Waals surface area contributed by atoms with Gasteiger partial charge in [0, 0.05) is 6.21 Å². The summed E-state index contributed by atoms with van der Waals surface area (Å²) in [5, 5.41) is 7.76. The molecule has 0 aliphatic rings. The van der Waals surface area contributed by atoms with Gasteiger partial charge in [0.05, 0.1) is 0 Å². The highest BCUT2D eigenvalue weighted by atomic mass is 28.4. The van der Waals surface area contributed by atoms with Crippen molar-refractivity contribution in [1.82, 2.24) is 0 Å². The number of oxime groups is 1. The van der Waals surface area contributed by atoms with Crippen LogP contribution in [0.4, 0.5) is 0 Å². The molecule has 0 saturated carbocycles. The van der Waals surface area contributed by atoms with Gasteiger partial charge < -0.3 is 4.53 Å². The Hall–Kier alpha value is -2.65. The standard InChI is InChI=1S/C20H19NOSi/c1-2-21-22-23(18-12-6-3-7-13-18,19-14-8-4-9-15-19)20-16-10-5-11-17-20/h2-17H,1H3. The Kier molecular flexibility index (Phi) is 4.69. The lowest BCUT2D eigenvalue weighted by Crippen LogP contribution is -2.68. The molecule has 0 aliphatic carbocycles. The number of nitrogens with zero attached hydrogens (tertiary/aromatic N) is 1. The molecule has 0 amide bonds. The van der Waals surface area contributed by atoms with Gasteiger partial charge in [-0.2, -0.15) is 0 Å². The fourth-order valence-corrected chi connectivity index (χ4v) is 6.37. The van der Waals surface area contributed by atoms with Crippen molar-refractivity contribution in [3.05, 3.63) is 91.0 Å². The van der Waals surface area contributed by atoms with Gasteiger partial charge in [-0.15, -0.1) is 5.16 Å². The van der Waals surface area contributed by atoms with Crippen molar-refractivity contribution in [2.24, 2.45) is 5.16 Å². The molecule has 0 radical (unpaired) electrons. The van der Waals surface area contributed by atoms with Crippen LogP contribution < -0.4 is 15.6 Å². The molecule has 0 unspecified atom stereocenters. The fourth-order valence-electron chi connectivity index (χ4n) is 2.81. The van der Waals surface area contributed by atoms with Crippen molar-refractivity contribution in [3.63, 3.8) is 0 Å². The van der Waals surface area contributed by atoms with Crippen LogP contribution in [0.1, 0.15) is 6.92 Å². The number of benzene rings is 3. The normalized spacial score (nSPS) is 11.5. The zero-order chi connectivity index (χ0) is 16.0. The number of hydrogen-bond donors (Lipinski definition) is 0. The first kappa shape index (κ1) is 15.3. The molecule has 0 N–H and O–H groups in total. The maximum absolute atomic E-state index is 6.25. The molecule has 23 heavy (non-hydrogen) atoms. The number of rotatable bonds is 5. The maximum atomic E-state index is 6.25. The van der Waals surface area contributed by atoms with Gasteiger partial charge in [-0.25, -0.2) is 0 Å². The molecule has 0 heterocycles. The Morgan fingerprint density at radius 1 is 0.652 bits per heavy atom. The molecule has 0 spiro atoms. The predicted molar refractivity (Wildman–Crippen MR) is 99.2 cm³/mol. The smallest absolute Gasteiger partial charge is 0.380 e. The molecular formula is C20H19NOSi. The summed E-state index contributed by atoms with van der Waals surface area (Å²) in [5.41, 5.74) is 0. The van der Waals surface area contributed by atoms with Crippen LogP contribution in [-0.4, -0.2) is 14.5 Å². The van der Waals surface area contributed by atoms with E-state index >= 15 is 0 Å². The van der Waals surface area contributed by atoms with Crippen molar-refractivity contribution < 1.29 is 4.53 Å². The van der Waals surface area contributed by atoms with Gasteiger partial charge in [0.1, 0.15) is 0 Å². The Balaban J connectivity index is 2.30. The van der Waals surface area contributed by atoms with Crippen LogP contribution in [0.15, 0.2) is 96.2 Å². The van der Waals surface area contributed by atoms with Crippen LogP contribution in [0.5, 0.6) is 0 Å². The van der Waals surface area contributed by atoms with Crippen LogP contribution in [0, 0.1) is 0 Å². The van der Waals surface area contributed by atoms with Crippen LogP contribution in [0.2, 0.25) is 0 Å². The minimum Gasteiger partial charge on any atom is -0.438 e. The van der Waals surface area contributed by atoms with E-state index in [0.717, 1.165) is 0 Å². The molecular weight excluding hydrogens is 298 g/mol. The molecule has 114 valence electrons. The van der Waals surface area contributed by atoms with E-state index in [0.29, 0.717) is 0 Å². The topological polar surface area (TPSA) is 21.6 Å². The van der Waals surface area contributed by atoms with Crippen LogP contribution in [-0.2, 0) is 4.53 Å². The van der Waals surface area contributed by atoms with Gasteiger partial charge in [0.15, 0.2) is 0 Å². The molecule has 2 nitrogen and oxygen atoms in total. The monoisotopic (exact) mass is 317 g/mol. The second-order valence-corrected chi connectivity index (χ2v) is 8.51. The molecule has 0 bridgehead atoms. The van der Waals surface area contributed by atoms with E-state index in [9.17, 15) is 0 Å². The first-order valence-corrected chi connectivity index (χ1v) is 9.61. The van der Waals surface area contributed by atoms with E-state index in [1.807, 2.05) is 25.1 Å². The van der Waals surface area contributed by atoms with Gasteiger partial charge >= 0.3 is 8.32 Å². The highest BCUT2D eigenvalue weighted by molar-refractivity contribution is 7.07. The molecule has 3 heteroatoms. The van der Waals surface area contributed by atoms with Crippen molar-refractivity contribution >= 4 is 30.1 Å². The van der Waals surface area contributed by atoms with E-state index in [1.165, 1.54) is 15.6 Å². The summed E-state index contributed by atoms with van der Waals surface area (Å²) >= 11 is 0. The second-order valence-electron chi connectivity index (χ2n) is 5.23. The van der Waals surface area contributed by atoms with E-state index in [-0.39, 0.29) is 0 Å². The Labute approximate surface area is 138 Å². The van der Waals surface area contributed by atoms with Crippen LogP contribution in [0.3, 0.4) is 0 Å². The zero-order valence-corrected chi connectivity index (χ0v) is 14.1. The predicted octanol–water partition coefficient (Wildman–Crippen LogP) is 2.68. The minimum atomic E-state index is -2.64. The van der Waals surface area contributed by atoms with Crippen LogP contribution >= 0.6 is 0 Å². The van der Waals surface area contributed by atoms with Crippen molar-refractivity contribution in [2.45, 2.75) is 6.92 Å². The molecule has 0 aliphatic heterocycles. The summed E-state index contributed by atoms with van der Waals surface area (Å²) < 4.78 is 6.25. The lowest BCUT2D eigenvalue weighted by Gasteiger charge is -2.29.